The van der Waals surface area contributed by atoms with Crippen LogP contribution >= 0.6 is 24.0 Å². The molecule has 0 aromatic rings. The fourth-order valence-corrected chi connectivity index (χ4v) is 2.34. The molecule has 0 unspecified atom stereocenters. The van der Waals surface area contributed by atoms with Crippen LogP contribution in [0.25, 0.3) is 0 Å². The Kier molecular flexibility index (Phi) is 30.7. The van der Waals surface area contributed by atoms with E-state index in [1.807, 2.05) is 6.92 Å². The van der Waals surface area contributed by atoms with Gasteiger partial charge in [-0.25, -0.2) is 0 Å². The molecule has 0 bridgehead atoms. The first-order valence-electron chi connectivity index (χ1n) is 6.57. The van der Waals surface area contributed by atoms with Crippen molar-refractivity contribution in [2.75, 3.05) is 0 Å². The Hall–Kier alpha value is 0.608. The summed E-state index contributed by atoms with van der Waals surface area (Å²) in [5, 5.41) is 0. The maximum atomic E-state index is 5.18. The van der Waals surface area contributed by atoms with Gasteiger partial charge in [-0.15, -0.1) is 11.8 Å². The van der Waals surface area contributed by atoms with Crippen molar-refractivity contribution in [2.45, 2.75) is 65.6 Å². The molecule has 0 saturated carbocycles. The summed E-state index contributed by atoms with van der Waals surface area (Å²) in [5.74, 6) is 0. The first kappa shape index (κ1) is 27.9. The number of thiocarbonyl (C=S) groups is 1. The smallest absolute Gasteiger partial charge is 0.518 e. The van der Waals surface area contributed by atoms with Crippen molar-refractivity contribution in [1.82, 2.24) is 0 Å². The summed E-state index contributed by atoms with van der Waals surface area (Å²) < 4.78 is 1.27. The number of allylic oxidation sites excluding steroid dienone is 2. The molecule has 0 aromatic heterocycles. The van der Waals surface area contributed by atoms with Crippen molar-refractivity contribution in [2.24, 2.45) is 0 Å². The van der Waals surface area contributed by atoms with Gasteiger partial charge < -0.3 is 13.5 Å². The molecule has 0 heterocycles. The average molecular weight is 470 g/mol. The van der Waals surface area contributed by atoms with Crippen LogP contribution < -0.4 is 0 Å². The van der Waals surface area contributed by atoms with Crippen LogP contribution in [-0.2, 0) is 21.1 Å². The number of hydrogen-bond donors (Lipinski definition) is 0. The van der Waals surface area contributed by atoms with Crippen LogP contribution in [0.4, 0.5) is 0 Å². The third-order valence-corrected chi connectivity index (χ3v) is 3.37. The minimum absolute atomic E-state index is 0. The van der Waals surface area contributed by atoms with Crippen LogP contribution in [0.3, 0.4) is 0 Å². The van der Waals surface area contributed by atoms with Crippen LogP contribution in [-0.4, -0.2) is 8.94 Å². The van der Waals surface area contributed by atoms with Gasteiger partial charge in [0.1, 0.15) is 0 Å². The molecular weight excluding hydrogens is 440 g/mol. The molecule has 0 aromatic carbocycles. The second-order valence-corrected chi connectivity index (χ2v) is 6.39. The Balaban J connectivity index is -0.000000137. The Labute approximate surface area is 146 Å². The van der Waals surface area contributed by atoms with E-state index >= 15 is 0 Å². The molecule has 0 nitrogen and oxygen atoms in total. The molecule has 0 N–H and O–H groups in total. The quantitative estimate of drug-likeness (QED) is 0.258. The molecule has 0 spiro atoms. The van der Waals surface area contributed by atoms with Crippen LogP contribution in [0.5, 0.6) is 0 Å². The minimum Gasteiger partial charge on any atom is -0.518 e. The van der Waals surface area contributed by atoms with E-state index < -0.39 is 0 Å². The van der Waals surface area contributed by atoms with Gasteiger partial charge in [-0.05, 0) is 26.7 Å². The number of rotatable bonds is 5. The zero-order valence-corrected chi connectivity index (χ0v) is 17.9. The summed E-state index contributed by atoms with van der Waals surface area (Å²) in [6.07, 6.45) is 9.12. The predicted molar refractivity (Wildman–Crippen MR) is 94.2 cm³/mol. The van der Waals surface area contributed by atoms with Gasteiger partial charge in [-0.3, -0.25) is 6.08 Å². The van der Waals surface area contributed by atoms with Gasteiger partial charge in [0.15, 0.2) is 0 Å². The summed E-state index contributed by atoms with van der Waals surface area (Å²) in [5.41, 5.74) is 0. The summed E-state index contributed by atoms with van der Waals surface area (Å²) in [4.78, 5) is 0. The van der Waals surface area contributed by atoms with Crippen LogP contribution in [0.1, 0.15) is 60.8 Å². The summed E-state index contributed by atoms with van der Waals surface area (Å²) in [6.45, 7) is 20.6. The SMILES string of the molecule is CCC=CC(C)(C)SC(=S)CC.[CH-]=CCC.[CH2-]C.[W+2]. The first-order chi connectivity index (χ1) is 8.43. The van der Waals surface area contributed by atoms with Gasteiger partial charge >= 0.3 is 21.1 Å². The van der Waals surface area contributed by atoms with Gasteiger partial charge in [0.25, 0.3) is 0 Å². The van der Waals surface area contributed by atoms with Gasteiger partial charge in [0, 0.05) is 8.94 Å². The normalized spacial score (nSPS) is 9.42. The average Bonchev–Trinajstić information content (AvgIpc) is 2.38. The van der Waals surface area contributed by atoms with Gasteiger partial charge in [0.05, 0.1) is 0 Å². The van der Waals surface area contributed by atoms with E-state index in [4.69, 9.17) is 18.8 Å². The molecule has 112 valence electrons. The second kappa shape index (κ2) is 20.9. The Morgan fingerprint density at radius 2 is 1.63 bits per heavy atom. The van der Waals surface area contributed by atoms with Crippen molar-refractivity contribution >= 4 is 28.2 Å². The summed E-state index contributed by atoms with van der Waals surface area (Å²) >= 11 is 6.97. The monoisotopic (exact) mass is 470 g/mol. The molecule has 19 heavy (non-hydrogen) atoms. The zero-order chi connectivity index (χ0) is 15.0. The van der Waals surface area contributed by atoms with Gasteiger partial charge in [-0.2, -0.15) is 6.92 Å². The van der Waals surface area contributed by atoms with E-state index in [2.05, 4.69) is 46.8 Å². The van der Waals surface area contributed by atoms with Crippen LogP contribution in [0.15, 0.2) is 18.2 Å². The zero-order valence-electron chi connectivity index (χ0n) is 13.4. The Morgan fingerprint density at radius 3 is 1.89 bits per heavy atom. The molecule has 0 radical (unpaired) electrons. The Bertz CT molecular complexity index is 221. The van der Waals surface area contributed by atoms with E-state index in [-0.39, 0.29) is 25.8 Å². The molecule has 0 rings (SSSR count). The molecular formula is C16H30S2W. The van der Waals surface area contributed by atoms with Crippen molar-refractivity contribution in [3.8, 4) is 0 Å². The topological polar surface area (TPSA) is 0 Å². The summed E-state index contributed by atoms with van der Waals surface area (Å²) in [7, 11) is 0. The molecule has 0 amide bonds. The van der Waals surface area contributed by atoms with Crippen molar-refractivity contribution in [3.63, 3.8) is 0 Å². The molecule has 0 aliphatic rings. The first-order valence-corrected chi connectivity index (χ1v) is 7.79. The molecule has 0 saturated heterocycles. The fourth-order valence-electron chi connectivity index (χ4n) is 0.801. The van der Waals surface area contributed by atoms with E-state index in [0.29, 0.717) is 0 Å². The van der Waals surface area contributed by atoms with E-state index in [1.54, 1.807) is 24.8 Å². The van der Waals surface area contributed by atoms with E-state index in [9.17, 15) is 0 Å². The predicted octanol–water partition coefficient (Wildman–Crippen LogP) is 6.43. The second-order valence-electron chi connectivity index (χ2n) is 3.89. The van der Waals surface area contributed by atoms with Crippen LogP contribution in [0, 0.1) is 13.5 Å². The van der Waals surface area contributed by atoms with E-state index in [1.165, 1.54) is 0 Å². The Morgan fingerprint density at radius 1 is 1.21 bits per heavy atom. The van der Waals surface area contributed by atoms with E-state index in [0.717, 1.165) is 23.5 Å². The number of thioether (sulfide) groups is 1. The van der Waals surface area contributed by atoms with Crippen molar-refractivity contribution in [3.05, 3.63) is 31.7 Å². The molecule has 0 aliphatic carbocycles. The largest absolute Gasteiger partial charge is 2.00 e. The molecule has 0 fully saturated rings. The molecule has 3 heteroatoms. The maximum Gasteiger partial charge on any atom is 2.00 e. The van der Waals surface area contributed by atoms with Crippen molar-refractivity contribution in [1.29, 1.82) is 0 Å². The van der Waals surface area contributed by atoms with Crippen LogP contribution in [0.2, 0.25) is 0 Å². The third kappa shape index (κ3) is 27.7. The van der Waals surface area contributed by atoms with Gasteiger partial charge in [0.2, 0.25) is 0 Å². The maximum absolute atomic E-state index is 5.18. The number of hydrogen-bond acceptors (Lipinski definition) is 2. The minimum atomic E-state index is 0. The standard InChI is InChI=1S/C10H18S2.C4H7.C2H5.W/c1-5-7-8-10(3,4)12-9(11)6-2;1-3-4-2;1-2;/h7-8H,5-6H2,1-4H3;1,3H,4H2,2H3;1H2,2H3;/q;2*-1;+2. The van der Waals surface area contributed by atoms with Gasteiger partial charge in [-0.1, -0.05) is 51.6 Å². The molecule has 0 aliphatic heterocycles. The van der Waals surface area contributed by atoms with Crippen molar-refractivity contribution < 1.29 is 21.1 Å². The fraction of sp³-hybridized carbons (Fsp3) is 0.625. The molecule has 0 atom stereocenters. The third-order valence-electron chi connectivity index (χ3n) is 1.66. The summed E-state index contributed by atoms with van der Waals surface area (Å²) in [6, 6.07) is 0.